The number of fused-ring (bicyclic) bond motifs is 1. The van der Waals surface area contributed by atoms with Gasteiger partial charge in [-0.25, -0.2) is 8.78 Å². The van der Waals surface area contributed by atoms with E-state index in [9.17, 15) is 8.78 Å². The molecular weight excluding hydrogens is 518 g/mol. The number of ether oxygens (including phenoxy) is 1. The van der Waals surface area contributed by atoms with Crippen LogP contribution < -0.4 is 9.16 Å². The fourth-order valence-electron chi connectivity index (χ4n) is 5.04. The Hall–Kier alpha value is -1.88. The Kier molecular flexibility index (Phi) is 12.3. The van der Waals surface area contributed by atoms with Gasteiger partial charge in [-0.15, -0.1) is 0 Å². The van der Waals surface area contributed by atoms with E-state index in [1.54, 1.807) is 6.08 Å². The summed E-state index contributed by atoms with van der Waals surface area (Å²) >= 11 is 0. The molecule has 1 heterocycles. The zero-order valence-electron chi connectivity index (χ0n) is 27.4. The highest BCUT2D eigenvalue weighted by molar-refractivity contribution is 6.74. The Morgan fingerprint density at radius 1 is 0.900 bits per heavy atom. The molecule has 0 aromatic heterocycles. The second-order valence-corrected chi connectivity index (χ2v) is 18.5. The fourth-order valence-corrected chi connectivity index (χ4v) is 6.16. The highest BCUT2D eigenvalue weighted by Gasteiger charge is 2.41. The SMILES string of the molecule is C/C(=C\CC/C(C)=C/CCC1(C)CCc2c(C)c(O[Si](C)(C)C(C)(C)C)c(C)c(C)c2O1)CCC=C(CF)CF. The molecule has 2 rings (SSSR count). The molecule has 226 valence electrons. The van der Waals surface area contributed by atoms with Crippen LogP contribution in [0.4, 0.5) is 8.78 Å². The Balaban J connectivity index is 2.00. The highest BCUT2D eigenvalue weighted by Crippen LogP contribution is 2.47. The lowest BCUT2D eigenvalue weighted by atomic mass is 9.85. The summed E-state index contributed by atoms with van der Waals surface area (Å²) in [5, 5.41) is 0.154. The van der Waals surface area contributed by atoms with Crippen LogP contribution in [0.3, 0.4) is 0 Å². The second-order valence-electron chi connectivity index (χ2n) is 13.8. The minimum atomic E-state index is -1.94. The monoisotopic (exact) mass is 574 g/mol. The average Bonchev–Trinajstić information content (AvgIpc) is 2.87. The lowest BCUT2D eigenvalue weighted by molar-refractivity contribution is 0.0559. The highest BCUT2D eigenvalue weighted by atomic mass is 28.4. The van der Waals surface area contributed by atoms with E-state index in [2.05, 4.69) is 87.6 Å². The van der Waals surface area contributed by atoms with Crippen LogP contribution in [0.15, 0.2) is 34.9 Å². The van der Waals surface area contributed by atoms with Crippen molar-refractivity contribution in [3.8, 4) is 11.5 Å². The molecule has 0 saturated heterocycles. The van der Waals surface area contributed by atoms with E-state index in [0.29, 0.717) is 6.42 Å². The van der Waals surface area contributed by atoms with Crippen molar-refractivity contribution in [1.82, 2.24) is 0 Å². The summed E-state index contributed by atoms with van der Waals surface area (Å²) in [4.78, 5) is 0. The van der Waals surface area contributed by atoms with Crippen LogP contribution in [0, 0.1) is 20.8 Å². The first kappa shape index (κ1) is 34.3. The number of benzene rings is 1. The van der Waals surface area contributed by atoms with Crippen molar-refractivity contribution in [3.05, 3.63) is 57.2 Å². The summed E-state index contributed by atoms with van der Waals surface area (Å²) in [7, 11) is -1.94. The van der Waals surface area contributed by atoms with E-state index < -0.39 is 21.7 Å². The van der Waals surface area contributed by atoms with Crippen LogP contribution in [0.1, 0.15) is 109 Å². The van der Waals surface area contributed by atoms with Crippen molar-refractivity contribution in [3.63, 3.8) is 0 Å². The normalized spacial score (nSPS) is 18.3. The van der Waals surface area contributed by atoms with Gasteiger partial charge in [-0.05, 0) is 133 Å². The van der Waals surface area contributed by atoms with Crippen molar-refractivity contribution >= 4 is 8.32 Å². The topological polar surface area (TPSA) is 18.5 Å². The summed E-state index contributed by atoms with van der Waals surface area (Å²) in [6.45, 7) is 23.3. The molecule has 0 spiro atoms. The molecule has 0 saturated carbocycles. The van der Waals surface area contributed by atoms with Gasteiger partial charge in [-0.1, -0.05) is 50.1 Å². The maximum Gasteiger partial charge on any atom is 0.250 e. The third-order valence-corrected chi connectivity index (χ3v) is 13.6. The summed E-state index contributed by atoms with van der Waals surface area (Å²) in [6.07, 6.45) is 13.9. The van der Waals surface area contributed by atoms with Crippen LogP contribution in [-0.2, 0) is 6.42 Å². The van der Waals surface area contributed by atoms with E-state index in [1.165, 1.54) is 33.4 Å². The molecule has 0 N–H and O–H groups in total. The zero-order valence-corrected chi connectivity index (χ0v) is 28.4. The predicted octanol–water partition coefficient (Wildman–Crippen LogP) is 11.2. The van der Waals surface area contributed by atoms with Gasteiger partial charge in [0.2, 0.25) is 0 Å². The van der Waals surface area contributed by atoms with Crippen molar-refractivity contribution in [2.75, 3.05) is 13.3 Å². The van der Waals surface area contributed by atoms with Gasteiger partial charge in [0, 0.05) is 5.56 Å². The lowest BCUT2D eigenvalue weighted by Crippen LogP contribution is -2.44. The Morgan fingerprint density at radius 3 is 2.00 bits per heavy atom. The van der Waals surface area contributed by atoms with Crippen LogP contribution in [0.2, 0.25) is 18.1 Å². The summed E-state index contributed by atoms with van der Waals surface area (Å²) < 4.78 is 38.8. The molecule has 5 heteroatoms. The molecule has 1 aliphatic rings. The maximum absolute atomic E-state index is 12.6. The van der Waals surface area contributed by atoms with E-state index in [-0.39, 0.29) is 16.2 Å². The van der Waals surface area contributed by atoms with Gasteiger partial charge in [0.1, 0.15) is 30.4 Å². The first-order valence-electron chi connectivity index (χ1n) is 15.2. The standard InChI is InChI=1S/C35H56F2O2Si/c1-25(17-13-19-30(23-36)24-37)15-12-16-26(2)18-14-21-35(9)22-20-31-29(5)32(27(3)28(4)33(31)38-35)39-40(10,11)34(6,7)8/h15,18-19H,12-14,16-17,20-24H2,1-11H3/b25-15+,26-18+. The third-order valence-electron chi connectivity index (χ3n) is 9.24. The quantitative estimate of drug-likeness (QED) is 0.172. The third kappa shape index (κ3) is 9.06. The predicted molar refractivity (Wildman–Crippen MR) is 171 cm³/mol. The van der Waals surface area contributed by atoms with Gasteiger partial charge in [-0.3, -0.25) is 0 Å². The molecule has 0 aliphatic carbocycles. The van der Waals surface area contributed by atoms with E-state index in [1.807, 2.05) is 0 Å². The smallest absolute Gasteiger partial charge is 0.250 e. The van der Waals surface area contributed by atoms with Gasteiger partial charge < -0.3 is 9.16 Å². The molecular formula is C35H56F2O2Si. The molecule has 1 atom stereocenters. The van der Waals surface area contributed by atoms with E-state index in [0.717, 1.165) is 56.4 Å². The molecule has 0 bridgehead atoms. The molecule has 0 amide bonds. The van der Waals surface area contributed by atoms with Crippen molar-refractivity contribution in [1.29, 1.82) is 0 Å². The zero-order chi connectivity index (χ0) is 30.3. The first-order chi connectivity index (χ1) is 18.5. The van der Waals surface area contributed by atoms with Crippen LogP contribution in [0.5, 0.6) is 11.5 Å². The average molecular weight is 575 g/mol. The van der Waals surface area contributed by atoms with Crippen molar-refractivity contribution < 1.29 is 17.9 Å². The molecule has 40 heavy (non-hydrogen) atoms. The number of hydrogen-bond donors (Lipinski definition) is 0. The Morgan fingerprint density at radius 2 is 1.45 bits per heavy atom. The Labute approximate surface area is 245 Å². The van der Waals surface area contributed by atoms with Gasteiger partial charge >= 0.3 is 0 Å². The van der Waals surface area contributed by atoms with E-state index in [4.69, 9.17) is 9.16 Å². The van der Waals surface area contributed by atoms with Crippen molar-refractivity contribution in [2.24, 2.45) is 0 Å². The summed E-state index contributed by atoms with van der Waals surface area (Å²) in [5.41, 5.74) is 7.78. The summed E-state index contributed by atoms with van der Waals surface area (Å²) in [5.74, 6) is 2.16. The number of halogens is 2. The second kappa shape index (κ2) is 14.3. The number of rotatable bonds is 13. The van der Waals surface area contributed by atoms with Crippen molar-refractivity contribution in [2.45, 2.75) is 137 Å². The first-order valence-corrected chi connectivity index (χ1v) is 18.1. The number of allylic oxidation sites excluding steroid dienone is 6. The Bertz CT molecular complexity index is 1100. The van der Waals surface area contributed by atoms with Gasteiger partial charge in [0.25, 0.3) is 8.32 Å². The molecule has 1 unspecified atom stereocenters. The molecule has 1 aromatic carbocycles. The minimum absolute atomic E-state index is 0.154. The minimum Gasteiger partial charge on any atom is -0.543 e. The largest absolute Gasteiger partial charge is 0.543 e. The molecule has 1 aliphatic heterocycles. The van der Waals surface area contributed by atoms with Gasteiger partial charge in [0.15, 0.2) is 0 Å². The van der Waals surface area contributed by atoms with Gasteiger partial charge in [0.05, 0.1) is 0 Å². The van der Waals surface area contributed by atoms with Gasteiger partial charge in [-0.2, -0.15) is 0 Å². The lowest BCUT2D eigenvalue weighted by Gasteiger charge is -2.41. The number of alkyl halides is 2. The fraction of sp³-hybridized carbons (Fsp3) is 0.657. The van der Waals surface area contributed by atoms with Crippen LogP contribution in [0.25, 0.3) is 0 Å². The van der Waals surface area contributed by atoms with Crippen LogP contribution in [-0.4, -0.2) is 27.3 Å². The van der Waals surface area contributed by atoms with Crippen LogP contribution >= 0.6 is 0 Å². The van der Waals surface area contributed by atoms with E-state index >= 15 is 0 Å². The molecule has 1 aromatic rings. The maximum atomic E-state index is 12.6. The summed E-state index contributed by atoms with van der Waals surface area (Å²) in [6, 6.07) is 0. The number of hydrogen-bond acceptors (Lipinski definition) is 2. The molecule has 0 fully saturated rings. The molecule has 0 radical (unpaired) electrons. The molecule has 2 nitrogen and oxygen atoms in total.